The van der Waals surface area contributed by atoms with Crippen LogP contribution in [0.2, 0.25) is 0 Å². The van der Waals surface area contributed by atoms with E-state index >= 15 is 0 Å². The smallest absolute Gasteiger partial charge is 0.383 e. The first-order valence-electron chi connectivity index (χ1n) is 3.57. The molecule has 0 saturated heterocycles. The lowest BCUT2D eigenvalue weighted by atomic mass is 10.1. The maximum absolute atomic E-state index is 11.7. The second kappa shape index (κ2) is 4.09. The summed E-state index contributed by atoms with van der Waals surface area (Å²) in [5, 5.41) is 2.35. The zero-order valence-corrected chi connectivity index (χ0v) is 7.46. The van der Waals surface area contributed by atoms with Crippen molar-refractivity contribution in [2.75, 3.05) is 20.3 Å². The van der Waals surface area contributed by atoms with Crippen LogP contribution >= 0.6 is 0 Å². The van der Waals surface area contributed by atoms with Crippen LogP contribution in [0.25, 0.3) is 0 Å². The van der Waals surface area contributed by atoms with E-state index in [-0.39, 0.29) is 6.61 Å². The molecule has 12 heavy (non-hydrogen) atoms. The molecule has 5 heteroatoms. The van der Waals surface area contributed by atoms with E-state index in [1.807, 2.05) is 0 Å². The van der Waals surface area contributed by atoms with Crippen LogP contribution in [-0.4, -0.2) is 32.0 Å². The van der Waals surface area contributed by atoms with Gasteiger partial charge in [-0.3, -0.25) is 0 Å². The van der Waals surface area contributed by atoms with Gasteiger partial charge in [-0.05, 0) is 13.8 Å². The number of hydrogen-bond donors (Lipinski definition) is 1. The third-order valence-electron chi connectivity index (χ3n) is 1.27. The van der Waals surface area contributed by atoms with Gasteiger partial charge in [0, 0.05) is 12.6 Å². The molecule has 0 amide bonds. The molecule has 0 heterocycles. The van der Waals surface area contributed by atoms with Crippen LogP contribution in [-0.2, 0) is 4.74 Å². The molecule has 0 aromatic rings. The maximum atomic E-state index is 11.7. The highest BCUT2D eigenvalue weighted by molar-refractivity contribution is 4.77. The van der Waals surface area contributed by atoms with Gasteiger partial charge in [0.2, 0.25) is 0 Å². The van der Waals surface area contributed by atoms with Crippen molar-refractivity contribution in [2.24, 2.45) is 0 Å². The second-order valence-electron chi connectivity index (χ2n) is 3.29. The molecule has 0 aliphatic carbocycles. The topological polar surface area (TPSA) is 21.3 Å². The zero-order chi connectivity index (χ0) is 9.83. The van der Waals surface area contributed by atoms with E-state index in [0.29, 0.717) is 0 Å². The molecule has 0 spiro atoms. The summed E-state index contributed by atoms with van der Waals surface area (Å²) < 4.78 is 39.9. The quantitative estimate of drug-likeness (QED) is 0.717. The largest absolute Gasteiger partial charge is 0.401 e. The van der Waals surface area contributed by atoms with Crippen LogP contribution in [0, 0.1) is 0 Å². The lowest BCUT2D eigenvalue weighted by molar-refractivity contribution is -0.129. The predicted octanol–water partition coefficient (Wildman–Crippen LogP) is 1.56. The molecule has 0 aromatic carbocycles. The lowest BCUT2D eigenvalue weighted by Gasteiger charge is -2.25. The molecular weight excluding hydrogens is 171 g/mol. The van der Waals surface area contributed by atoms with E-state index < -0.39 is 18.3 Å². The summed E-state index contributed by atoms with van der Waals surface area (Å²) in [6, 6.07) is 0. The van der Waals surface area contributed by atoms with E-state index in [2.05, 4.69) is 5.32 Å². The van der Waals surface area contributed by atoms with Gasteiger partial charge in [-0.1, -0.05) is 0 Å². The van der Waals surface area contributed by atoms with Crippen LogP contribution in [0.1, 0.15) is 13.8 Å². The summed E-state index contributed by atoms with van der Waals surface area (Å²) in [5.41, 5.74) is -0.635. The molecule has 0 aliphatic rings. The fourth-order valence-corrected chi connectivity index (χ4v) is 0.751. The molecule has 2 nitrogen and oxygen atoms in total. The standard InChI is InChI=1S/C7H14F3NO/c1-6(2,5-12-3)11-4-7(8,9)10/h11H,4-5H2,1-3H3. The molecule has 0 aromatic heterocycles. The first-order chi connectivity index (χ1) is 5.27. The molecule has 0 rings (SSSR count). The van der Waals surface area contributed by atoms with E-state index in [1.54, 1.807) is 13.8 Å². The molecule has 0 radical (unpaired) electrons. The van der Waals surface area contributed by atoms with Crippen molar-refractivity contribution in [3.63, 3.8) is 0 Å². The second-order valence-corrected chi connectivity index (χ2v) is 3.29. The Balaban J connectivity index is 3.75. The van der Waals surface area contributed by atoms with Crippen molar-refractivity contribution in [2.45, 2.75) is 25.6 Å². The molecule has 0 aliphatic heterocycles. The first kappa shape index (κ1) is 11.7. The minimum Gasteiger partial charge on any atom is -0.383 e. The summed E-state index contributed by atoms with van der Waals surface area (Å²) in [4.78, 5) is 0. The summed E-state index contributed by atoms with van der Waals surface area (Å²) in [5.74, 6) is 0. The predicted molar refractivity (Wildman–Crippen MR) is 40.0 cm³/mol. The average Bonchev–Trinajstić information content (AvgIpc) is 1.83. The number of alkyl halides is 3. The van der Waals surface area contributed by atoms with Gasteiger partial charge in [-0.25, -0.2) is 0 Å². The third-order valence-corrected chi connectivity index (χ3v) is 1.27. The minimum atomic E-state index is -4.16. The van der Waals surface area contributed by atoms with E-state index in [1.165, 1.54) is 7.11 Å². The van der Waals surface area contributed by atoms with Crippen molar-refractivity contribution < 1.29 is 17.9 Å². The van der Waals surface area contributed by atoms with Crippen LogP contribution < -0.4 is 5.32 Å². The highest BCUT2D eigenvalue weighted by Crippen LogP contribution is 2.14. The first-order valence-corrected chi connectivity index (χ1v) is 3.57. The Morgan fingerprint density at radius 2 is 1.75 bits per heavy atom. The fourth-order valence-electron chi connectivity index (χ4n) is 0.751. The number of hydrogen-bond acceptors (Lipinski definition) is 2. The van der Waals surface area contributed by atoms with E-state index in [0.717, 1.165) is 0 Å². The Labute approximate surface area is 70.1 Å². The van der Waals surface area contributed by atoms with Crippen LogP contribution in [0.4, 0.5) is 13.2 Å². The van der Waals surface area contributed by atoms with Crippen molar-refractivity contribution in [1.29, 1.82) is 0 Å². The normalized spacial score (nSPS) is 13.5. The Hall–Kier alpha value is -0.290. The molecule has 0 unspecified atom stereocenters. The van der Waals surface area contributed by atoms with Gasteiger partial charge in [-0.2, -0.15) is 13.2 Å². The van der Waals surface area contributed by atoms with Crippen molar-refractivity contribution in [1.82, 2.24) is 5.32 Å². The molecule has 1 N–H and O–H groups in total. The molecule has 0 saturated carbocycles. The highest BCUT2D eigenvalue weighted by atomic mass is 19.4. The third kappa shape index (κ3) is 6.42. The van der Waals surface area contributed by atoms with E-state index in [4.69, 9.17) is 4.74 Å². The summed E-state index contributed by atoms with van der Waals surface area (Å²) in [6.07, 6.45) is -4.16. The highest BCUT2D eigenvalue weighted by Gasteiger charge is 2.30. The number of rotatable bonds is 4. The fraction of sp³-hybridized carbons (Fsp3) is 1.00. The Kier molecular flexibility index (Phi) is 3.99. The molecule has 0 atom stereocenters. The Morgan fingerprint density at radius 3 is 2.08 bits per heavy atom. The van der Waals surface area contributed by atoms with Gasteiger partial charge in [0.1, 0.15) is 0 Å². The summed E-state index contributed by atoms with van der Waals surface area (Å²) >= 11 is 0. The number of methoxy groups -OCH3 is 1. The van der Waals surface area contributed by atoms with Gasteiger partial charge < -0.3 is 10.1 Å². The summed E-state index contributed by atoms with van der Waals surface area (Å²) in [7, 11) is 1.46. The Morgan fingerprint density at radius 1 is 1.25 bits per heavy atom. The molecule has 0 fully saturated rings. The Bertz CT molecular complexity index is 133. The number of nitrogens with one attached hydrogen (secondary N) is 1. The van der Waals surface area contributed by atoms with Crippen molar-refractivity contribution >= 4 is 0 Å². The van der Waals surface area contributed by atoms with Crippen molar-refractivity contribution in [3.8, 4) is 0 Å². The molecule has 74 valence electrons. The number of ether oxygens (including phenoxy) is 1. The van der Waals surface area contributed by atoms with Gasteiger partial charge >= 0.3 is 6.18 Å². The zero-order valence-electron chi connectivity index (χ0n) is 7.46. The lowest BCUT2D eigenvalue weighted by Crippen LogP contribution is -2.47. The van der Waals surface area contributed by atoms with Gasteiger partial charge in [0.05, 0.1) is 13.2 Å². The van der Waals surface area contributed by atoms with E-state index in [9.17, 15) is 13.2 Å². The van der Waals surface area contributed by atoms with Gasteiger partial charge in [0.15, 0.2) is 0 Å². The van der Waals surface area contributed by atoms with Crippen molar-refractivity contribution in [3.05, 3.63) is 0 Å². The van der Waals surface area contributed by atoms with Gasteiger partial charge in [-0.15, -0.1) is 0 Å². The number of halogens is 3. The molecule has 0 bridgehead atoms. The SMILES string of the molecule is COCC(C)(C)NCC(F)(F)F. The van der Waals surface area contributed by atoms with Crippen LogP contribution in [0.15, 0.2) is 0 Å². The monoisotopic (exact) mass is 185 g/mol. The van der Waals surface area contributed by atoms with Gasteiger partial charge in [0.25, 0.3) is 0 Å². The van der Waals surface area contributed by atoms with Crippen LogP contribution in [0.3, 0.4) is 0 Å². The average molecular weight is 185 g/mol. The maximum Gasteiger partial charge on any atom is 0.401 e. The van der Waals surface area contributed by atoms with Crippen LogP contribution in [0.5, 0.6) is 0 Å². The summed E-state index contributed by atoms with van der Waals surface area (Å²) in [6.45, 7) is 2.58. The molecular formula is C7H14F3NO. The minimum absolute atomic E-state index is 0.253.